The summed E-state index contributed by atoms with van der Waals surface area (Å²) in [6, 6.07) is 22.1. The zero-order valence-corrected chi connectivity index (χ0v) is 14.9. The third-order valence-electron chi connectivity index (χ3n) is 4.17. The molecule has 4 rings (SSSR count). The average molecular weight is 353 g/mol. The summed E-state index contributed by atoms with van der Waals surface area (Å²) in [5.74, 6) is 0. The SMILES string of the molecule is Cc1ccc(-n2cc(/C=N/Nc3ccncc3)c(-c3ccccc3)n2)cc1. The molecule has 0 bridgehead atoms. The van der Waals surface area contributed by atoms with Crippen LogP contribution in [-0.2, 0) is 0 Å². The number of benzene rings is 2. The molecule has 1 N–H and O–H groups in total. The van der Waals surface area contributed by atoms with Gasteiger partial charge in [0.15, 0.2) is 0 Å². The summed E-state index contributed by atoms with van der Waals surface area (Å²) in [4.78, 5) is 4.00. The van der Waals surface area contributed by atoms with Crippen LogP contribution < -0.4 is 5.43 Å². The average Bonchev–Trinajstić information content (AvgIpc) is 3.14. The standard InChI is InChI=1S/C22H19N5/c1-17-7-9-21(10-8-17)27-16-19(15-24-25-20-11-13-23-14-12-20)22(26-27)18-5-3-2-4-6-18/h2-16H,1H3,(H,23,25)/b24-15+. The third-order valence-corrected chi connectivity index (χ3v) is 4.17. The number of nitrogens with zero attached hydrogens (tertiary/aromatic N) is 4. The van der Waals surface area contributed by atoms with Gasteiger partial charge < -0.3 is 0 Å². The molecule has 2 aromatic heterocycles. The van der Waals surface area contributed by atoms with Crippen molar-refractivity contribution < 1.29 is 0 Å². The van der Waals surface area contributed by atoms with Gasteiger partial charge in [0.1, 0.15) is 5.69 Å². The Bertz CT molecular complexity index is 1040. The van der Waals surface area contributed by atoms with Gasteiger partial charge >= 0.3 is 0 Å². The molecule has 0 radical (unpaired) electrons. The highest BCUT2D eigenvalue weighted by atomic mass is 15.3. The summed E-state index contributed by atoms with van der Waals surface area (Å²) < 4.78 is 1.88. The normalized spacial score (nSPS) is 11.0. The van der Waals surface area contributed by atoms with E-state index in [1.54, 1.807) is 18.6 Å². The van der Waals surface area contributed by atoms with Crippen LogP contribution in [0.5, 0.6) is 0 Å². The Morgan fingerprint density at radius 2 is 1.67 bits per heavy atom. The molecule has 0 spiro atoms. The minimum Gasteiger partial charge on any atom is -0.278 e. The van der Waals surface area contributed by atoms with Gasteiger partial charge in [0.2, 0.25) is 0 Å². The summed E-state index contributed by atoms with van der Waals surface area (Å²) in [5.41, 5.74) is 9.01. The summed E-state index contributed by atoms with van der Waals surface area (Å²) >= 11 is 0. The second kappa shape index (κ2) is 7.66. The minimum absolute atomic E-state index is 0.883. The van der Waals surface area contributed by atoms with Gasteiger partial charge in [0, 0.05) is 29.7 Å². The van der Waals surface area contributed by atoms with Crippen molar-refractivity contribution in [3.8, 4) is 16.9 Å². The number of nitrogens with one attached hydrogen (secondary N) is 1. The van der Waals surface area contributed by atoms with Crippen molar-refractivity contribution in [2.24, 2.45) is 5.10 Å². The van der Waals surface area contributed by atoms with Gasteiger partial charge in [0.25, 0.3) is 0 Å². The van der Waals surface area contributed by atoms with E-state index in [9.17, 15) is 0 Å². The first-order valence-electron chi connectivity index (χ1n) is 8.71. The molecular formula is C22H19N5. The van der Waals surface area contributed by atoms with E-state index in [4.69, 9.17) is 5.10 Å². The smallest absolute Gasteiger partial charge is 0.102 e. The van der Waals surface area contributed by atoms with Crippen molar-refractivity contribution in [1.82, 2.24) is 14.8 Å². The molecule has 0 saturated heterocycles. The first-order valence-corrected chi connectivity index (χ1v) is 8.71. The Morgan fingerprint density at radius 1 is 0.926 bits per heavy atom. The number of anilines is 1. The highest BCUT2D eigenvalue weighted by molar-refractivity contribution is 5.89. The summed E-state index contributed by atoms with van der Waals surface area (Å²) in [5, 5.41) is 9.16. The van der Waals surface area contributed by atoms with E-state index in [-0.39, 0.29) is 0 Å². The van der Waals surface area contributed by atoms with Gasteiger partial charge in [0.05, 0.1) is 17.6 Å². The molecule has 27 heavy (non-hydrogen) atoms. The van der Waals surface area contributed by atoms with Gasteiger partial charge in [-0.15, -0.1) is 0 Å². The van der Waals surface area contributed by atoms with Crippen LogP contribution in [0.4, 0.5) is 5.69 Å². The van der Waals surface area contributed by atoms with E-state index in [1.807, 2.05) is 41.2 Å². The number of aromatic nitrogens is 3. The first kappa shape index (κ1) is 16.7. The van der Waals surface area contributed by atoms with E-state index in [2.05, 4.69) is 58.8 Å². The summed E-state index contributed by atoms with van der Waals surface area (Å²) in [6.45, 7) is 2.07. The highest BCUT2D eigenvalue weighted by Gasteiger charge is 2.10. The predicted molar refractivity (Wildman–Crippen MR) is 109 cm³/mol. The van der Waals surface area contributed by atoms with E-state index in [1.165, 1.54) is 5.56 Å². The van der Waals surface area contributed by atoms with Crippen LogP contribution >= 0.6 is 0 Å². The highest BCUT2D eigenvalue weighted by Crippen LogP contribution is 2.22. The van der Waals surface area contributed by atoms with Crippen LogP contribution in [0.25, 0.3) is 16.9 Å². The van der Waals surface area contributed by atoms with Crippen molar-refractivity contribution in [3.05, 3.63) is 96.4 Å². The van der Waals surface area contributed by atoms with Crippen molar-refractivity contribution in [2.75, 3.05) is 5.43 Å². The second-order valence-corrected chi connectivity index (χ2v) is 6.19. The van der Waals surface area contributed by atoms with E-state index >= 15 is 0 Å². The van der Waals surface area contributed by atoms with Gasteiger partial charge in [-0.1, -0.05) is 48.0 Å². The molecule has 132 valence electrons. The van der Waals surface area contributed by atoms with E-state index in [0.29, 0.717) is 0 Å². The van der Waals surface area contributed by atoms with Gasteiger partial charge in [-0.25, -0.2) is 4.68 Å². The van der Waals surface area contributed by atoms with Crippen LogP contribution in [0, 0.1) is 6.92 Å². The maximum atomic E-state index is 4.79. The molecule has 0 unspecified atom stereocenters. The Hall–Kier alpha value is -3.73. The number of pyridine rings is 1. The Labute approximate surface area is 158 Å². The number of hydrazone groups is 1. The lowest BCUT2D eigenvalue weighted by Crippen LogP contribution is -1.94. The van der Waals surface area contributed by atoms with Crippen LogP contribution in [0.1, 0.15) is 11.1 Å². The lowest BCUT2D eigenvalue weighted by molar-refractivity contribution is 0.883. The van der Waals surface area contributed by atoms with E-state index < -0.39 is 0 Å². The van der Waals surface area contributed by atoms with Crippen molar-refractivity contribution in [3.63, 3.8) is 0 Å². The second-order valence-electron chi connectivity index (χ2n) is 6.19. The lowest BCUT2D eigenvalue weighted by atomic mass is 10.1. The summed E-state index contributed by atoms with van der Waals surface area (Å²) in [6.07, 6.45) is 7.23. The maximum Gasteiger partial charge on any atom is 0.102 e. The molecule has 0 atom stereocenters. The zero-order chi connectivity index (χ0) is 18.5. The minimum atomic E-state index is 0.883. The Kier molecular flexibility index (Phi) is 4.74. The van der Waals surface area contributed by atoms with Crippen molar-refractivity contribution >= 4 is 11.9 Å². The molecule has 0 fully saturated rings. The molecule has 5 heteroatoms. The fourth-order valence-corrected chi connectivity index (χ4v) is 2.73. The molecule has 0 aliphatic carbocycles. The fraction of sp³-hybridized carbons (Fsp3) is 0.0455. The van der Waals surface area contributed by atoms with Crippen LogP contribution in [0.15, 0.2) is 90.4 Å². The maximum absolute atomic E-state index is 4.79. The van der Waals surface area contributed by atoms with Crippen LogP contribution in [-0.4, -0.2) is 21.0 Å². The first-order chi connectivity index (χ1) is 13.3. The lowest BCUT2D eigenvalue weighted by Gasteiger charge is -2.01. The van der Waals surface area contributed by atoms with Gasteiger partial charge in [-0.2, -0.15) is 10.2 Å². The Morgan fingerprint density at radius 3 is 2.41 bits per heavy atom. The number of rotatable bonds is 5. The molecule has 0 amide bonds. The monoisotopic (exact) mass is 353 g/mol. The quantitative estimate of drug-likeness (QED) is 0.418. The van der Waals surface area contributed by atoms with Crippen molar-refractivity contribution in [2.45, 2.75) is 6.92 Å². The predicted octanol–water partition coefficient (Wildman–Crippen LogP) is 4.69. The topological polar surface area (TPSA) is 55.1 Å². The Balaban J connectivity index is 1.69. The van der Waals surface area contributed by atoms with Crippen LogP contribution in [0.2, 0.25) is 0 Å². The number of aryl methyl sites for hydroxylation is 1. The molecular weight excluding hydrogens is 334 g/mol. The van der Waals surface area contributed by atoms with Gasteiger partial charge in [-0.05, 0) is 31.2 Å². The van der Waals surface area contributed by atoms with Gasteiger partial charge in [-0.3, -0.25) is 10.4 Å². The summed E-state index contributed by atoms with van der Waals surface area (Å²) in [7, 11) is 0. The molecule has 0 saturated carbocycles. The molecule has 4 aromatic rings. The van der Waals surface area contributed by atoms with Crippen LogP contribution in [0.3, 0.4) is 0 Å². The third kappa shape index (κ3) is 3.93. The molecule has 2 aromatic carbocycles. The van der Waals surface area contributed by atoms with Crippen molar-refractivity contribution in [1.29, 1.82) is 0 Å². The zero-order valence-electron chi connectivity index (χ0n) is 14.9. The number of hydrogen-bond acceptors (Lipinski definition) is 4. The number of hydrogen-bond donors (Lipinski definition) is 1. The largest absolute Gasteiger partial charge is 0.278 e. The molecule has 2 heterocycles. The van der Waals surface area contributed by atoms with E-state index in [0.717, 1.165) is 28.2 Å². The molecule has 0 aliphatic heterocycles. The molecule has 5 nitrogen and oxygen atoms in total. The molecule has 0 aliphatic rings. The fourth-order valence-electron chi connectivity index (χ4n) is 2.73.